The van der Waals surface area contributed by atoms with Crippen LogP contribution >= 0.6 is 0 Å². The first-order valence-electron chi connectivity index (χ1n) is 5.88. The van der Waals surface area contributed by atoms with Crippen molar-refractivity contribution < 1.29 is 4.79 Å². The fraction of sp³-hybridized carbons (Fsp3) is 0.0714. The largest absolute Gasteiger partial charge is 0.343 e. The standard InChI is InChI=1S/C14H12N4O/c1-18(11-5-3-2-4-6-11)14(19)10-7-12-13(15-8-10)17-9-16-12/h2-9H,1H3,(H,15,16,17). The fourth-order valence-corrected chi connectivity index (χ4v) is 1.91. The molecule has 2 heterocycles. The van der Waals surface area contributed by atoms with E-state index >= 15 is 0 Å². The van der Waals surface area contributed by atoms with Gasteiger partial charge in [-0.1, -0.05) is 18.2 Å². The van der Waals surface area contributed by atoms with E-state index in [0.29, 0.717) is 11.2 Å². The third-order valence-corrected chi connectivity index (χ3v) is 2.97. The number of imidazole rings is 1. The Hall–Kier alpha value is -2.69. The second-order valence-electron chi connectivity index (χ2n) is 4.20. The molecule has 0 radical (unpaired) electrons. The number of aromatic amines is 1. The summed E-state index contributed by atoms with van der Waals surface area (Å²) in [5, 5.41) is 0. The number of carbonyl (C=O) groups is 1. The highest BCUT2D eigenvalue weighted by Crippen LogP contribution is 2.16. The van der Waals surface area contributed by atoms with Gasteiger partial charge in [0.25, 0.3) is 5.91 Å². The maximum atomic E-state index is 12.4. The highest BCUT2D eigenvalue weighted by molar-refractivity contribution is 6.06. The fourth-order valence-electron chi connectivity index (χ4n) is 1.91. The maximum Gasteiger partial charge on any atom is 0.259 e. The molecule has 0 aliphatic rings. The lowest BCUT2D eigenvalue weighted by Crippen LogP contribution is -2.26. The first-order valence-corrected chi connectivity index (χ1v) is 5.88. The number of para-hydroxylation sites is 1. The van der Waals surface area contributed by atoms with E-state index in [0.717, 1.165) is 11.2 Å². The average molecular weight is 252 g/mol. The Morgan fingerprint density at radius 2 is 2.00 bits per heavy atom. The van der Waals surface area contributed by atoms with Crippen molar-refractivity contribution in [3.63, 3.8) is 0 Å². The molecule has 1 aromatic carbocycles. The topological polar surface area (TPSA) is 61.9 Å². The zero-order chi connectivity index (χ0) is 13.2. The number of nitrogens with zero attached hydrogens (tertiary/aromatic N) is 3. The molecule has 0 saturated carbocycles. The average Bonchev–Trinajstić information content (AvgIpc) is 2.94. The van der Waals surface area contributed by atoms with Gasteiger partial charge in [-0.15, -0.1) is 0 Å². The van der Waals surface area contributed by atoms with Crippen LogP contribution in [0.5, 0.6) is 0 Å². The Bertz CT molecular complexity index is 720. The van der Waals surface area contributed by atoms with Gasteiger partial charge < -0.3 is 9.88 Å². The van der Waals surface area contributed by atoms with Gasteiger partial charge in [0.2, 0.25) is 0 Å². The number of pyridine rings is 1. The highest BCUT2D eigenvalue weighted by Gasteiger charge is 2.14. The van der Waals surface area contributed by atoms with E-state index in [4.69, 9.17) is 0 Å². The van der Waals surface area contributed by atoms with Crippen molar-refractivity contribution in [3.8, 4) is 0 Å². The van der Waals surface area contributed by atoms with Crippen LogP contribution in [0.1, 0.15) is 10.4 Å². The number of rotatable bonds is 2. The molecule has 0 aliphatic heterocycles. The minimum absolute atomic E-state index is 0.102. The van der Waals surface area contributed by atoms with Gasteiger partial charge in [0, 0.05) is 18.9 Å². The molecule has 0 aliphatic carbocycles. The Labute approximate surface area is 109 Å². The van der Waals surface area contributed by atoms with Gasteiger partial charge in [-0.2, -0.15) is 0 Å². The Morgan fingerprint density at radius 3 is 2.79 bits per heavy atom. The third-order valence-electron chi connectivity index (χ3n) is 2.97. The zero-order valence-electron chi connectivity index (χ0n) is 10.4. The third kappa shape index (κ3) is 2.06. The van der Waals surface area contributed by atoms with E-state index in [-0.39, 0.29) is 5.91 Å². The lowest BCUT2D eigenvalue weighted by molar-refractivity contribution is 0.0993. The van der Waals surface area contributed by atoms with Crippen LogP contribution in [-0.4, -0.2) is 27.9 Å². The molecule has 3 aromatic rings. The smallest absolute Gasteiger partial charge is 0.259 e. The van der Waals surface area contributed by atoms with E-state index < -0.39 is 0 Å². The number of H-pyrrole nitrogens is 1. The first-order chi connectivity index (χ1) is 9.25. The van der Waals surface area contributed by atoms with Crippen LogP contribution in [0.2, 0.25) is 0 Å². The molecule has 94 valence electrons. The van der Waals surface area contributed by atoms with Crippen LogP contribution in [0.4, 0.5) is 5.69 Å². The monoisotopic (exact) mass is 252 g/mol. The molecule has 5 nitrogen and oxygen atoms in total. The van der Waals surface area contributed by atoms with Crippen LogP contribution in [0, 0.1) is 0 Å². The Morgan fingerprint density at radius 1 is 1.21 bits per heavy atom. The molecule has 2 aromatic heterocycles. The number of nitrogens with one attached hydrogen (secondary N) is 1. The summed E-state index contributed by atoms with van der Waals surface area (Å²) in [6, 6.07) is 11.3. The quantitative estimate of drug-likeness (QED) is 0.760. The van der Waals surface area contributed by atoms with Crippen molar-refractivity contribution in [3.05, 3.63) is 54.5 Å². The first kappa shape index (κ1) is 11.4. The minimum Gasteiger partial charge on any atom is -0.343 e. The van der Waals surface area contributed by atoms with Gasteiger partial charge in [-0.3, -0.25) is 4.79 Å². The molecule has 5 heteroatoms. The van der Waals surface area contributed by atoms with Crippen LogP contribution in [-0.2, 0) is 0 Å². The Kier molecular flexibility index (Phi) is 2.72. The van der Waals surface area contributed by atoms with Crippen molar-refractivity contribution >= 4 is 22.8 Å². The van der Waals surface area contributed by atoms with Gasteiger partial charge in [0.1, 0.15) is 0 Å². The van der Waals surface area contributed by atoms with Crippen LogP contribution in [0.3, 0.4) is 0 Å². The normalized spacial score (nSPS) is 10.6. The number of anilines is 1. The molecule has 0 saturated heterocycles. The van der Waals surface area contributed by atoms with E-state index in [1.165, 1.54) is 0 Å². The number of aromatic nitrogens is 3. The predicted octanol–water partition coefficient (Wildman–Crippen LogP) is 2.23. The summed E-state index contributed by atoms with van der Waals surface area (Å²) >= 11 is 0. The van der Waals surface area contributed by atoms with E-state index in [1.807, 2.05) is 30.3 Å². The number of amides is 1. The van der Waals surface area contributed by atoms with Crippen molar-refractivity contribution in [2.24, 2.45) is 0 Å². The predicted molar refractivity (Wildman–Crippen MR) is 73.1 cm³/mol. The van der Waals surface area contributed by atoms with Crippen molar-refractivity contribution in [2.75, 3.05) is 11.9 Å². The van der Waals surface area contributed by atoms with Crippen molar-refractivity contribution in [1.82, 2.24) is 15.0 Å². The maximum absolute atomic E-state index is 12.4. The number of benzene rings is 1. The van der Waals surface area contributed by atoms with Gasteiger partial charge in [0.15, 0.2) is 5.65 Å². The summed E-state index contributed by atoms with van der Waals surface area (Å²) in [6.45, 7) is 0. The summed E-state index contributed by atoms with van der Waals surface area (Å²) in [7, 11) is 1.74. The lowest BCUT2D eigenvalue weighted by Gasteiger charge is -2.16. The molecular formula is C14H12N4O. The molecule has 1 amide bonds. The minimum atomic E-state index is -0.102. The molecule has 0 atom stereocenters. The van der Waals surface area contributed by atoms with E-state index in [9.17, 15) is 4.79 Å². The molecule has 3 rings (SSSR count). The van der Waals surface area contributed by atoms with Gasteiger partial charge >= 0.3 is 0 Å². The second kappa shape index (κ2) is 4.53. The molecule has 0 spiro atoms. The molecule has 19 heavy (non-hydrogen) atoms. The molecular weight excluding hydrogens is 240 g/mol. The van der Waals surface area contributed by atoms with Crippen LogP contribution < -0.4 is 4.90 Å². The second-order valence-corrected chi connectivity index (χ2v) is 4.20. The van der Waals surface area contributed by atoms with Crippen LogP contribution in [0.15, 0.2) is 48.9 Å². The van der Waals surface area contributed by atoms with Crippen LogP contribution in [0.25, 0.3) is 11.2 Å². The SMILES string of the molecule is CN(C(=O)c1cnc2nc[nH]c2c1)c1ccccc1. The zero-order valence-corrected chi connectivity index (χ0v) is 10.4. The number of hydrogen-bond donors (Lipinski definition) is 1. The van der Waals surface area contributed by atoms with Gasteiger partial charge in [0.05, 0.1) is 17.4 Å². The molecule has 0 unspecified atom stereocenters. The summed E-state index contributed by atoms with van der Waals surface area (Å²) in [4.78, 5) is 25.1. The lowest BCUT2D eigenvalue weighted by atomic mass is 10.2. The summed E-state index contributed by atoms with van der Waals surface area (Å²) in [6.07, 6.45) is 3.11. The molecule has 0 fully saturated rings. The summed E-state index contributed by atoms with van der Waals surface area (Å²) in [5.41, 5.74) is 2.74. The molecule has 0 bridgehead atoms. The number of hydrogen-bond acceptors (Lipinski definition) is 3. The van der Waals surface area contributed by atoms with E-state index in [2.05, 4.69) is 15.0 Å². The Balaban J connectivity index is 1.95. The summed E-state index contributed by atoms with van der Waals surface area (Å²) < 4.78 is 0. The van der Waals surface area contributed by atoms with Gasteiger partial charge in [-0.05, 0) is 18.2 Å². The highest BCUT2D eigenvalue weighted by atomic mass is 16.2. The van der Waals surface area contributed by atoms with E-state index in [1.54, 1.807) is 30.5 Å². The summed E-state index contributed by atoms with van der Waals surface area (Å²) in [5.74, 6) is -0.102. The number of fused-ring (bicyclic) bond motifs is 1. The van der Waals surface area contributed by atoms with Crippen molar-refractivity contribution in [2.45, 2.75) is 0 Å². The van der Waals surface area contributed by atoms with Crippen molar-refractivity contribution in [1.29, 1.82) is 0 Å². The number of carbonyl (C=O) groups excluding carboxylic acids is 1. The molecule has 1 N–H and O–H groups in total. The van der Waals surface area contributed by atoms with Gasteiger partial charge in [-0.25, -0.2) is 9.97 Å².